The first-order valence-electron chi connectivity index (χ1n) is 10.5. The van der Waals surface area contributed by atoms with Crippen molar-refractivity contribution in [1.29, 1.82) is 0 Å². The molecule has 1 amide bonds. The van der Waals surface area contributed by atoms with Crippen LogP contribution in [-0.4, -0.2) is 25.5 Å². The molecule has 1 aliphatic heterocycles. The maximum absolute atomic E-state index is 12.8. The summed E-state index contributed by atoms with van der Waals surface area (Å²) in [4.78, 5) is 17.3. The Balaban J connectivity index is 1.80. The van der Waals surface area contributed by atoms with E-state index in [1.807, 2.05) is 50.4 Å². The summed E-state index contributed by atoms with van der Waals surface area (Å²) in [5.74, 6) is 1.67. The Morgan fingerprint density at radius 1 is 1.17 bits per heavy atom. The first kappa shape index (κ1) is 22.4. The number of fused-ring (bicyclic) bond motifs is 2. The van der Waals surface area contributed by atoms with Gasteiger partial charge in [-0.15, -0.1) is 0 Å². The van der Waals surface area contributed by atoms with E-state index < -0.39 is 0 Å². The molecule has 0 atom stereocenters. The number of carbonyl (C=O) groups excluding carboxylic acids is 1. The zero-order chi connectivity index (χ0) is 21.3. The number of benzene rings is 1. The van der Waals surface area contributed by atoms with Crippen molar-refractivity contribution < 1.29 is 28.9 Å². The second-order valence-corrected chi connectivity index (χ2v) is 9.23. The molecule has 0 fully saturated rings. The van der Waals surface area contributed by atoms with Crippen LogP contribution in [0, 0.1) is 0 Å². The average Bonchev–Trinajstić information content (AvgIpc) is 3.18. The molecule has 2 heterocycles. The van der Waals surface area contributed by atoms with Crippen molar-refractivity contribution in [3.63, 3.8) is 0 Å². The van der Waals surface area contributed by atoms with E-state index in [2.05, 4.69) is 27.1 Å². The molecule has 0 unspecified atom stereocenters. The molecule has 1 aromatic carbocycles. The van der Waals surface area contributed by atoms with Crippen LogP contribution in [0.25, 0.3) is 0 Å². The van der Waals surface area contributed by atoms with Crippen molar-refractivity contribution in [2.24, 2.45) is 0 Å². The van der Waals surface area contributed by atoms with Crippen LogP contribution < -0.4 is 10.1 Å². The number of hydrogen-bond donors (Lipinski definition) is 1. The molecule has 5 nitrogen and oxygen atoms in total. The number of hydrogen-bond acceptors (Lipinski definition) is 3. The number of nitrogens with one attached hydrogen (secondary N) is 1. The molecule has 0 saturated heterocycles. The van der Waals surface area contributed by atoms with E-state index in [-0.39, 0.29) is 12.0 Å². The van der Waals surface area contributed by atoms with Gasteiger partial charge in [-0.2, -0.15) is 0 Å². The normalized spacial score (nSPS) is 16.0. The van der Waals surface area contributed by atoms with Crippen molar-refractivity contribution in [3.8, 4) is 5.75 Å². The van der Waals surface area contributed by atoms with E-state index in [0.29, 0.717) is 5.56 Å². The van der Waals surface area contributed by atoms with Gasteiger partial charge in [-0.25, -0.2) is 0 Å². The zero-order valence-electron chi connectivity index (χ0n) is 17.6. The second-order valence-electron chi connectivity index (χ2n) is 7.65. The molecule has 0 radical (unpaired) electrons. The molecule has 1 aromatic heterocycles. The van der Waals surface area contributed by atoms with Crippen LogP contribution in [0.3, 0.4) is 0 Å². The molecular formula is C24H29N3O2W. The van der Waals surface area contributed by atoms with E-state index in [1.165, 1.54) is 23.3 Å². The summed E-state index contributed by atoms with van der Waals surface area (Å²) in [6.45, 7) is 4.96. The van der Waals surface area contributed by atoms with Gasteiger partial charge in [-0.1, -0.05) is 0 Å². The Hall–Kier alpha value is -2.26. The fraction of sp³-hybridized carbons (Fsp3) is 0.375. The molecule has 0 aliphatic carbocycles. The number of ether oxygens (including phenoxy) is 1. The van der Waals surface area contributed by atoms with Crippen LogP contribution in [0.5, 0.6) is 5.75 Å². The van der Waals surface area contributed by atoms with Crippen molar-refractivity contribution >= 4 is 9.81 Å². The second kappa shape index (κ2) is 11.2. The molecular weight excluding hydrogens is 546 g/mol. The summed E-state index contributed by atoms with van der Waals surface area (Å²) in [5, 5.41) is 2.89. The molecule has 0 bridgehead atoms. The van der Waals surface area contributed by atoms with E-state index in [0.717, 1.165) is 55.8 Å². The van der Waals surface area contributed by atoms with Gasteiger partial charge in [-0.3, -0.25) is 0 Å². The van der Waals surface area contributed by atoms with E-state index in [9.17, 15) is 4.79 Å². The number of imidazole rings is 1. The third-order valence-electron chi connectivity index (χ3n) is 4.90. The monoisotopic (exact) mass is 575 g/mol. The van der Waals surface area contributed by atoms with Crippen LogP contribution in [0.4, 0.5) is 0 Å². The summed E-state index contributed by atoms with van der Waals surface area (Å²) in [6.07, 6.45) is 16.9. The third-order valence-corrected chi connectivity index (χ3v) is 6.04. The minimum atomic E-state index is -0.102. The van der Waals surface area contributed by atoms with Crippen molar-refractivity contribution in [1.82, 2.24) is 14.9 Å². The number of carbonyl (C=O) groups is 1. The van der Waals surface area contributed by atoms with Crippen molar-refractivity contribution in [3.05, 3.63) is 72.0 Å². The maximum atomic E-state index is 12.8. The Labute approximate surface area is 189 Å². The average molecular weight is 575 g/mol. The van der Waals surface area contributed by atoms with Gasteiger partial charge in [0.2, 0.25) is 0 Å². The summed E-state index contributed by atoms with van der Waals surface area (Å²) >= 11 is 1.37. The summed E-state index contributed by atoms with van der Waals surface area (Å²) in [6, 6.07) is 5.86. The first-order chi connectivity index (χ1) is 14.5. The quantitative estimate of drug-likeness (QED) is 0.580. The molecule has 1 aliphatic rings. The van der Waals surface area contributed by atoms with Gasteiger partial charge in [0, 0.05) is 0 Å². The minimum absolute atomic E-state index is 0.0718. The van der Waals surface area contributed by atoms with Crippen LogP contribution in [0.15, 0.2) is 55.0 Å². The van der Waals surface area contributed by atoms with Crippen LogP contribution in [-0.2, 0) is 32.3 Å². The number of aryl methyl sites for hydroxylation is 2. The first-order valence-corrected chi connectivity index (χ1v) is 12.0. The van der Waals surface area contributed by atoms with E-state index >= 15 is 0 Å². The fourth-order valence-electron chi connectivity index (χ4n) is 3.47. The molecule has 158 valence electrons. The van der Waals surface area contributed by atoms with Crippen LogP contribution in [0.2, 0.25) is 0 Å². The van der Waals surface area contributed by atoms with Crippen LogP contribution in [0.1, 0.15) is 61.3 Å². The molecule has 3 rings (SSSR count). The Bertz CT molecular complexity index is 944. The van der Waals surface area contributed by atoms with Crippen LogP contribution >= 0.6 is 0 Å². The molecule has 30 heavy (non-hydrogen) atoms. The molecule has 0 saturated carbocycles. The summed E-state index contributed by atoms with van der Waals surface area (Å²) in [7, 11) is 0. The van der Waals surface area contributed by atoms with Gasteiger partial charge in [-0.05, 0) is 13.8 Å². The number of aromatic nitrogens is 2. The fourth-order valence-corrected chi connectivity index (χ4v) is 4.36. The van der Waals surface area contributed by atoms with Crippen molar-refractivity contribution in [2.75, 3.05) is 0 Å². The number of amides is 1. The number of allylic oxidation sites excluding steroid dienone is 3. The molecule has 2 aromatic rings. The molecule has 1 N–H and O–H groups in total. The SMILES string of the molecule is CC(C)Oc1ccc2c(c1)C(=O)NC=CC=C[C](=[W])c1nccn1CCCCCC2. The Morgan fingerprint density at radius 3 is 2.83 bits per heavy atom. The zero-order valence-corrected chi connectivity index (χ0v) is 20.6. The van der Waals surface area contributed by atoms with Gasteiger partial charge >= 0.3 is 176 Å². The van der Waals surface area contributed by atoms with Gasteiger partial charge in [0.1, 0.15) is 0 Å². The number of rotatable bonds is 2. The van der Waals surface area contributed by atoms with Gasteiger partial charge < -0.3 is 0 Å². The summed E-state index contributed by atoms with van der Waals surface area (Å²) in [5.41, 5.74) is 1.76. The third kappa shape index (κ3) is 6.37. The number of nitrogens with zero attached hydrogens (tertiary/aromatic N) is 2. The molecule has 0 spiro atoms. The van der Waals surface area contributed by atoms with Gasteiger partial charge in [0.05, 0.1) is 0 Å². The Kier molecular flexibility index (Phi) is 8.38. The van der Waals surface area contributed by atoms with E-state index in [4.69, 9.17) is 4.74 Å². The van der Waals surface area contributed by atoms with Crippen molar-refractivity contribution in [2.45, 2.75) is 58.6 Å². The van der Waals surface area contributed by atoms with E-state index in [1.54, 1.807) is 6.20 Å². The van der Waals surface area contributed by atoms with Gasteiger partial charge in [0.15, 0.2) is 0 Å². The summed E-state index contributed by atoms with van der Waals surface area (Å²) < 4.78 is 9.22. The van der Waals surface area contributed by atoms with Gasteiger partial charge in [0.25, 0.3) is 0 Å². The molecule has 6 heteroatoms. The predicted molar refractivity (Wildman–Crippen MR) is 116 cm³/mol. The standard InChI is InChI=1S/C24H29N3O2.W/c1-19(2)29-21-13-12-20-10-6-3-4-9-16-27-17-15-25-23(27)11-7-5-8-14-26-24(28)22(20)18-21;/h5,7-8,12-15,17-19H,3-4,6,9-10,16H2,1-2H3,(H,26,28);. The topological polar surface area (TPSA) is 56.1 Å². The predicted octanol–water partition coefficient (Wildman–Crippen LogP) is 4.35. The Morgan fingerprint density at radius 2 is 2.00 bits per heavy atom.